The zero-order valence-electron chi connectivity index (χ0n) is 12.2. The molecule has 2 aromatic heterocycles. The summed E-state index contributed by atoms with van der Waals surface area (Å²) in [5.41, 5.74) is 0.649. The van der Waals surface area contributed by atoms with E-state index in [9.17, 15) is 4.79 Å². The molecule has 6 nitrogen and oxygen atoms in total. The van der Waals surface area contributed by atoms with E-state index in [2.05, 4.69) is 14.9 Å². The van der Waals surface area contributed by atoms with Crippen LogP contribution in [-0.4, -0.2) is 36.9 Å². The molecule has 0 saturated heterocycles. The first-order valence-corrected chi connectivity index (χ1v) is 7.95. The maximum atomic E-state index is 12.4. The van der Waals surface area contributed by atoms with Crippen molar-refractivity contribution in [1.82, 2.24) is 23.8 Å². The van der Waals surface area contributed by atoms with E-state index >= 15 is 0 Å². The molecule has 1 saturated carbocycles. The van der Waals surface area contributed by atoms with E-state index in [1.54, 1.807) is 17.1 Å². The fraction of sp³-hybridized carbons (Fsp3) is 0.667. The molecule has 21 heavy (non-hydrogen) atoms. The molecule has 0 aromatic carbocycles. The molecule has 3 heterocycles. The SMILES string of the molecule is O=c1n2c(nc3cncn13)CN(CC1CCCCC1)CC2. The van der Waals surface area contributed by atoms with Crippen LogP contribution in [0.15, 0.2) is 17.3 Å². The minimum absolute atomic E-state index is 0.00943. The van der Waals surface area contributed by atoms with Gasteiger partial charge >= 0.3 is 5.69 Å². The smallest absolute Gasteiger partial charge is 0.294 e. The quantitative estimate of drug-likeness (QED) is 0.835. The molecule has 0 unspecified atom stereocenters. The second-order valence-electron chi connectivity index (χ2n) is 6.32. The van der Waals surface area contributed by atoms with Gasteiger partial charge in [-0.15, -0.1) is 0 Å². The molecule has 0 bridgehead atoms. The summed E-state index contributed by atoms with van der Waals surface area (Å²) in [5, 5.41) is 0. The van der Waals surface area contributed by atoms with Crippen molar-refractivity contribution in [3.8, 4) is 0 Å². The van der Waals surface area contributed by atoms with Gasteiger partial charge in [0.2, 0.25) is 0 Å². The summed E-state index contributed by atoms with van der Waals surface area (Å²) >= 11 is 0. The van der Waals surface area contributed by atoms with Crippen molar-refractivity contribution < 1.29 is 0 Å². The van der Waals surface area contributed by atoms with Gasteiger partial charge in [0.1, 0.15) is 12.2 Å². The lowest BCUT2D eigenvalue weighted by atomic mass is 9.89. The van der Waals surface area contributed by atoms with Gasteiger partial charge in [-0.1, -0.05) is 19.3 Å². The minimum atomic E-state index is -0.00943. The average Bonchev–Trinajstić information content (AvgIpc) is 2.97. The zero-order chi connectivity index (χ0) is 14.2. The fourth-order valence-corrected chi connectivity index (χ4v) is 3.71. The van der Waals surface area contributed by atoms with Gasteiger partial charge in [0.15, 0.2) is 5.65 Å². The van der Waals surface area contributed by atoms with E-state index in [1.807, 2.05) is 0 Å². The molecule has 2 aromatic rings. The van der Waals surface area contributed by atoms with Crippen LogP contribution in [-0.2, 0) is 13.1 Å². The van der Waals surface area contributed by atoms with Gasteiger partial charge in [0, 0.05) is 19.6 Å². The van der Waals surface area contributed by atoms with E-state index in [0.717, 1.165) is 37.9 Å². The number of hydrogen-bond acceptors (Lipinski definition) is 4. The summed E-state index contributed by atoms with van der Waals surface area (Å²) in [6, 6.07) is 0. The topological polar surface area (TPSA) is 55.4 Å². The summed E-state index contributed by atoms with van der Waals surface area (Å²) < 4.78 is 3.33. The Hall–Kier alpha value is -1.69. The second kappa shape index (κ2) is 5.26. The highest BCUT2D eigenvalue weighted by atomic mass is 16.1. The lowest BCUT2D eigenvalue weighted by Crippen LogP contribution is -2.43. The highest BCUT2D eigenvalue weighted by Gasteiger charge is 2.23. The molecule has 0 radical (unpaired) electrons. The molecular formula is C15H21N5O. The van der Waals surface area contributed by atoms with E-state index in [-0.39, 0.29) is 5.69 Å². The lowest BCUT2D eigenvalue weighted by molar-refractivity contribution is 0.161. The van der Waals surface area contributed by atoms with Gasteiger partial charge in [-0.25, -0.2) is 19.2 Å². The highest BCUT2D eigenvalue weighted by Crippen LogP contribution is 2.25. The Labute approximate surface area is 123 Å². The number of rotatable bonds is 2. The summed E-state index contributed by atoms with van der Waals surface area (Å²) in [4.78, 5) is 23.4. The second-order valence-corrected chi connectivity index (χ2v) is 6.32. The predicted molar refractivity (Wildman–Crippen MR) is 79.1 cm³/mol. The molecule has 112 valence electrons. The van der Waals surface area contributed by atoms with Gasteiger partial charge < -0.3 is 0 Å². The first kappa shape index (κ1) is 13.0. The Bertz CT molecular complexity index is 698. The van der Waals surface area contributed by atoms with Gasteiger partial charge in [0.05, 0.1) is 12.7 Å². The number of nitrogens with zero attached hydrogens (tertiary/aromatic N) is 5. The maximum absolute atomic E-state index is 12.4. The lowest BCUT2D eigenvalue weighted by Gasteiger charge is -2.33. The Morgan fingerprint density at radius 1 is 1.19 bits per heavy atom. The maximum Gasteiger partial charge on any atom is 0.336 e. The van der Waals surface area contributed by atoms with Crippen molar-refractivity contribution in [1.29, 1.82) is 0 Å². The van der Waals surface area contributed by atoms with E-state index < -0.39 is 0 Å². The van der Waals surface area contributed by atoms with Crippen LogP contribution in [0, 0.1) is 5.92 Å². The van der Waals surface area contributed by atoms with Crippen LogP contribution in [0.2, 0.25) is 0 Å². The molecule has 0 N–H and O–H groups in total. The van der Waals surface area contributed by atoms with Crippen molar-refractivity contribution in [2.24, 2.45) is 5.92 Å². The number of aromatic nitrogens is 4. The predicted octanol–water partition coefficient (Wildman–Crippen LogP) is 1.29. The Kier molecular flexibility index (Phi) is 3.25. The van der Waals surface area contributed by atoms with Crippen molar-refractivity contribution in [2.75, 3.05) is 13.1 Å². The third kappa shape index (κ3) is 2.37. The average molecular weight is 287 g/mol. The molecule has 0 spiro atoms. The van der Waals surface area contributed by atoms with Crippen molar-refractivity contribution in [2.45, 2.75) is 45.2 Å². The third-order valence-corrected chi connectivity index (χ3v) is 4.86. The summed E-state index contributed by atoms with van der Waals surface area (Å²) in [7, 11) is 0. The van der Waals surface area contributed by atoms with Gasteiger partial charge in [0.25, 0.3) is 0 Å². The van der Waals surface area contributed by atoms with Gasteiger partial charge in [-0.05, 0) is 18.8 Å². The Morgan fingerprint density at radius 2 is 2.05 bits per heavy atom. The van der Waals surface area contributed by atoms with Crippen LogP contribution in [0.4, 0.5) is 0 Å². The van der Waals surface area contributed by atoms with Crippen LogP contribution < -0.4 is 5.69 Å². The van der Waals surface area contributed by atoms with Crippen LogP contribution >= 0.6 is 0 Å². The molecule has 2 aliphatic rings. The van der Waals surface area contributed by atoms with E-state index in [4.69, 9.17) is 0 Å². The molecule has 6 heteroatoms. The fourth-order valence-electron chi connectivity index (χ4n) is 3.71. The summed E-state index contributed by atoms with van der Waals surface area (Å²) in [5.74, 6) is 1.71. The molecule has 0 amide bonds. The highest BCUT2D eigenvalue weighted by molar-refractivity contribution is 5.34. The Morgan fingerprint density at radius 3 is 2.90 bits per heavy atom. The van der Waals surface area contributed by atoms with E-state index in [0.29, 0.717) is 5.65 Å². The largest absolute Gasteiger partial charge is 0.336 e. The Balaban J connectivity index is 1.56. The first-order chi connectivity index (χ1) is 10.3. The van der Waals surface area contributed by atoms with Crippen LogP contribution in [0.3, 0.4) is 0 Å². The standard InChI is InChI=1S/C15H21N5O/c21-15-19-7-6-18(9-12-4-2-1-3-5-12)10-14(19)17-13-8-16-11-20(13)15/h8,11-12H,1-7,9-10H2. The molecule has 0 atom stereocenters. The monoisotopic (exact) mass is 287 g/mol. The van der Waals surface area contributed by atoms with Crippen molar-refractivity contribution in [3.63, 3.8) is 0 Å². The molecular weight excluding hydrogens is 266 g/mol. The number of fused-ring (bicyclic) bond motifs is 2. The summed E-state index contributed by atoms with van der Waals surface area (Å²) in [6.45, 7) is 3.63. The number of imidazole rings is 1. The third-order valence-electron chi connectivity index (χ3n) is 4.86. The normalized spacial score (nSPS) is 20.8. The zero-order valence-corrected chi connectivity index (χ0v) is 12.2. The van der Waals surface area contributed by atoms with Gasteiger partial charge in [-0.2, -0.15) is 0 Å². The minimum Gasteiger partial charge on any atom is -0.294 e. The molecule has 1 fully saturated rings. The number of hydrogen-bond donors (Lipinski definition) is 0. The molecule has 1 aliphatic carbocycles. The van der Waals surface area contributed by atoms with Crippen molar-refractivity contribution in [3.05, 3.63) is 28.8 Å². The van der Waals surface area contributed by atoms with Crippen LogP contribution in [0.1, 0.15) is 37.9 Å². The molecule has 1 aliphatic heterocycles. The molecule has 4 rings (SSSR count). The van der Waals surface area contributed by atoms with Gasteiger partial charge in [-0.3, -0.25) is 9.47 Å². The summed E-state index contributed by atoms with van der Waals surface area (Å²) in [6.07, 6.45) is 10.1. The van der Waals surface area contributed by atoms with E-state index in [1.165, 1.54) is 36.5 Å². The first-order valence-electron chi connectivity index (χ1n) is 7.95. The van der Waals surface area contributed by atoms with Crippen LogP contribution in [0.5, 0.6) is 0 Å². The van der Waals surface area contributed by atoms with Crippen LogP contribution in [0.25, 0.3) is 5.65 Å². The van der Waals surface area contributed by atoms with Crippen molar-refractivity contribution >= 4 is 5.65 Å².